The predicted molar refractivity (Wildman–Crippen MR) is 99.2 cm³/mol. The van der Waals surface area contributed by atoms with Crippen LogP contribution >= 0.6 is 0 Å². The van der Waals surface area contributed by atoms with E-state index in [2.05, 4.69) is 18.8 Å². The largest absolute Gasteiger partial charge is 0.462 e. The number of ether oxygens (including phenoxy) is 1. The zero-order valence-electron chi connectivity index (χ0n) is 16.0. The molecule has 2 saturated carbocycles. The molecular formula is C20H32NO4S+. The molecule has 146 valence electrons. The molecule has 6 atom stereocenters. The lowest BCUT2D eigenvalue weighted by atomic mass is 9.55. The Labute approximate surface area is 156 Å². The number of rotatable bonds is 3. The highest BCUT2D eigenvalue weighted by molar-refractivity contribution is 7.91. The van der Waals surface area contributed by atoms with E-state index in [-0.39, 0.29) is 46.4 Å². The standard InChI is InChI=1S/C20H31NO4S/c1-13-5-4-6-19(2)10-17-14(9-16(13)19)15(18(22)25-17)11-21-20(3)7-8-26(23,24)12-20/h14-17,21H,1,4-12H2,2-3H3/p+1/t14-,15-,16-,17-,19-,20+/m1/s1. The average Bonchev–Trinajstić information content (AvgIpc) is 2.98. The van der Waals surface area contributed by atoms with Gasteiger partial charge in [0.1, 0.15) is 23.3 Å². The Morgan fingerprint density at radius 1 is 1.31 bits per heavy atom. The van der Waals surface area contributed by atoms with Crippen molar-refractivity contribution < 1.29 is 23.3 Å². The molecule has 0 radical (unpaired) electrons. The minimum absolute atomic E-state index is 0.0353. The number of allylic oxidation sites excluding steroid dienone is 1. The Balaban J connectivity index is 1.47. The topological polar surface area (TPSA) is 77.0 Å². The van der Waals surface area contributed by atoms with Gasteiger partial charge in [-0.2, -0.15) is 0 Å². The van der Waals surface area contributed by atoms with Gasteiger partial charge in [-0.3, -0.25) is 4.79 Å². The van der Waals surface area contributed by atoms with Gasteiger partial charge in [0.25, 0.3) is 0 Å². The molecule has 0 amide bonds. The fourth-order valence-corrected chi connectivity index (χ4v) is 8.32. The van der Waals surface area contributed by atoms with Crippen LogP contribution in [0.2, 0.25) is 0 Å². The molecule has 4 aliphatic rings. The first-order valence-electron chi connectivity index (χ1n) is 10.0. The number of nitrogens with two attached hydrogens (primary N) is 1. The maximum Gasteiger partial charge on any atom is 0.315 e. The van der Waals surface area contributed by atoms with Crippen molar-refractivity contribution in [2.45, 2.75) is 64.0 Å². The van der Waals surface area contributed by atoms with Gasteiger partial charge in [0, 0.05) is 12.3 Å². The minimum Gasteiger partial charge on any atom is -0.462 e. The third-order valence-corrected chi connectivity index (χ3v) is 9.64. The van der Waals surface area contributed by atoms with Gasteiger partial charge in [-0.05, 0) is 50.4 Å². The smallest absolute Gasteiger partial charge is 0.315 e. The van der Waals surface area contributed by atoms with Crippen LogP contribution in [0.3, 0.4) is 0 Å². The number of carbonyl (C=O) groups is 1. The van der Waals surface area contributed by atoms with Crippen LogP contribution in [0.15, 0.2) is 12.2 Å². The van der Waals surface area contributed by atoms with Crippen LogP contribution in [0, 0.1) is 23.2 Å². The molecule has 0 spiro atoms. The van der Waals surface area contributed by atoms with Crippen LogP contribution in [0.5, 0.6) is 0 Å². The fraction of sp³-hybridized carbons (Fsp3) is 0.850. The van der Waals surface area contributed by atoms with E-state index in [4.69, 9.17) is 4.74 Å². The second kappa shape index (κ2) is 6.06. The van der Waals surface area contributed by atoms with Crippen LogP contribution in [-0.4, -0.2) is 44.1 Å². The molecule has 0 bridgehead atoms. The number of carbonyl (C=O) groups excluding carboxylic acids is 1. The van der Waals surface area contributed by atoms with Gasteiger partial charge >= 0.3 is 5.97 Å². The van der Waals surface area contributed by atoms with Crippen molar-refractivity contribution in [3.05, 3.63) is 12.2 Å². The monoisotopic (exact) mass is 382 g/mol. The molecule has 26 heavy (non-hydrogen) atoms. The van der Waals surface area contributed by atoms with Gasteiger partial charge in [0.05, 0.1) is 12.3 Å². The highest BCUT2D eigenvalue weighted by Gasteiger charge is 2.56. The Bertz CT molecular complexity index is 732. The van der Waals surface area contributed by atoms with Gasteiger partial charge in [-0.1, -0.05) is 19.1 Å². The van der Waals surface area contributed by atoms with Crippen LogP contribution in [0.4, 0.5) is 0 Å². The molecule has 4 fully saturated rings. The first-order valence-corrected chi connectivity index (χ1v) is 11.9. The lowest BCUT2D eigenvalue weighted by molar-refractivity contribution is -0.722. The lowest BCUT2D eigenvalue weighted by Gasteiger charge is -2.49. The summed E-state index contributed by atoms with van der Waals surface area (Å²) in [5, 5.41) is 2.11. The van der Waals surface area contributed by atoms with Gasteiger partial charge in [0.15, 0.2) is 9.84 Å². The number of fused-ring (bicyclic) bond motifs is 2. The number of hydrogen-bond donors (Lipinski definition) is 1. The molecule has 0 unspecified atom stereocenters. The van der Waals surface area contributed by atoms with E-state index in [1.54, 1.807) is 0 Å². The molecule has 5 nitrogen and oxygen atoms in total. The van der Waals surface area contributed by atoms with Crippen LogP contribution in [0.25, 0.3) is 0 Å². The molecule has 4 rings (SSSR count). The van der Waals surface area contributed by atoms with Gasteiger partial charge in [0.2, 0.25) is 0 Å². The molecule has 2 heterocycles. The molecule has 2 N–H and O–H groups in total. The van der Waals surface area contributed by atoms with Gasteiger partial charge in [-0.25, -0.2) is 8.42 Å². The Morgan fingerprint density at radius 2 is 2.08 bits per heavy atom. The van der Waals surface area contributed by atoms with Gasteiger partial charge < -0.3 is 10.1 Å². The summed E-state index contributed by atoms with van der Waals surface area (Å²) in [6.07, 6.45) is 6.16. The van der Waals surface area contributed by atoms with Crippen LogP contribution < -0.4 is 5.32 Å². The fourth-order valence-electron chi connectivity index (χ4n) is 6.13. The summed E-state index contributed by atoms with van der Waals surface area (Å²) in [6.45, 7) is 9.33. The highest BCUT2D eigenvalue weighted by atomic mass is 32.2. The normalized spacial score (nSPS) is 47.3. The molecule has 2 saturated heterocycles. The predicted octanol–water partition coefficient (Wildman–Crippen LogP) is 1.44. The van der Waals surface area contributed by atoms with Crippen LogP contribution in [0.1, 0.15) is 52.4 Å². The molecule has 2 aliphatic carbocycles. The van der Waals surface area contributed by atoms with Crippen LogP contribution in [-0.2, 0) is 19.4 Å². The van der Waals surface area contributed by atoms with Crippen molar-refractivity contribution in [2.24, 2.45) is 23.2 Å². The number of hydrogen-bond acceptors (Lipinski definition) is 4. The van der Waals surface area contributed by atoms with Crippen molar-refractivity contribution in [2.75, 3.05) is 18.1 Å². The number of sulfone groups is 1. The second-order valence-corrected chi connectivity index (χ2v) is 12.0. The first kappa shape index (κ1) is 18.5. The number of esters is 1. The quantitative estimate of drug-likeness (QED) is 0.592. The summed E-state index contributed by atoms with van der Waals surface area (Å²) < 4.78 is 29.5. The summed E-state index contributed by atoms with van der Waals surface area (Å²) in [5.74, 6) is 1.05. The van der Waals surface area contributed by atoms with E-state index >= 15 is 0 Å². The summed E-state index contributed by atoms with van der Waals surface area (Å²) in [5.41, 5.74) is 1.28. The third-order valence-electron chi connectivity index (χ3n) is 7.72. The van der Waals surface area contributed by atoms with E-state index in [9.17, 15) is 13.2 Å². The summed E-state index contributed by atoms with van der Waals surface area (Å²) in [7, 11) is -2.93. The summed E-state index contributed by atoms with van der Waals surface area (Å²) in [6, 6.07) is 0. The van der Waals surface area contributed by atoms with Crippen molar-refractivity contribution in [1.29, 1.82) is 0 Å². The number of quaternary nitrogens is 1. The molecule has 0 aromatic carbocycles. The second-order valence-electron chi connectivity index (χ2n) is 9.84. The van der Waals surface area contributed by atoms with E-state index in [0.29, 0.717) is 18.9 Å². The summed E-state index contributed by atoms with van der Waals surface area (Å²) in [4.78, 5) is 12.6. The van der Waals surface area contributed by atoms with E-state index in [1.807, 2.05) is 6.92 Å². The summed E-state index contributed by atoms with van der Waals surface area (Å²) >= 11 is 0. The molecule has 2 aliphatic heterocycles. The Hall–Kier alpha value is -0.880. The third kappa shape index (κ3) is 3.13. The van der Waals surface area contributed by atoms with E-state index in [1.165, 1.54) is 18.4 Å². The maximum atomic E-state index is 12.6. The Morgan fingerprint density at radius 3 is 2.77 bits per heavy atom. The molecular weight excluding hydrogens is 350 g/mol. The zero-order valence-corrected chi connectivity index (χ0v) is 16.8. The zero-order chi connectivity index (χ0) is 18.7. The Kier molecular flexibility index (Phi) is 4.31. The lowest BCUT2D eigenvalue weighted by Crippen LogP contribution is -2.97. The highest BCUT2D eigenvalue weighted by Crippen LogP contribution is 2.56. The van der Waals surface area contributed by atoms with Crippen molar-refractivity contribution >= 4 is 15.8 Å². The molecule has 0 aromatic rings. The van der Waals surface area contributed by atoms with E-state index < -0.39 is 9.84 Å². The van der Waals surface area contributed by atoms with Gasteiger partial charge in [-0.15, -0.1) is 0 Å². The van der Waals surface area contributed by atoms with E-state index in [0.717, 1.165) is 19.3 Å². The minimum atomic E-state index is -2.93. The van der Waals surface area contributed by atoms with Crippen molar-refractivity contribution in [1.82, 2.24) is 0 Å². The molecule has 0 aromatic heterocycles. The maximum absolute atomic E-state index is 12.6. The average molecular weight is 383 g/mol. The first-order chi connectivity index (χ1) is 12.1. The SMILES string of the molecule is C=C1CCC[C@]2(C)C[C@H]3OC(=O)[C@H](C[NH2+][C@@]4(C)CCS(=O)(=O)C4)[C@H]3C[C@H]12. The molecule has 6 heteroatoms. The van der Waals surface area contributed by atoms with Crippen molar-refractivity contribution in [3.63, 3.8) is 0 Å². The van der Waals surface area contributed by atoms with Crippen molar-refractivity contribution in [3.8, 4) is 0 Å².